The highest BCUT2D eigenvalue weighted by Gasteiger charge is 2.21. The van der Waals surface area contributed by atoms with E-state index in [-0.39, 0.29) is 0 Å². The van der Waals surface area contributed by atoms with Crippen LogP contribution >= 0.6 is 43.2 Å². The molecule has 7 N–H and O–H groups in total. The number of pyridine rings is 1. The predicted molar refractivity (Wildman–Crippen MR) is 131 cm³/mol. The summed E-state index contributed by atoms with van der Waals surface area (Å²) < 4.78 is 1.93. The van der Waals surface area contributed by atoms with Crippen molar-refractivity contribution < 1.29 is 10.5 Å². The summed E-state index contributed by atoms with van der Waals surface area (Å²) in [6.07, 6.45) is 0.368. The van der Waals surface area contributed by atoms with Gasteiger partial charge in [-0.05, 0) is 40.2 Å². The number of hydrogen-bond acceptors (Lipinski definition) is 8. The van der Waals surface area contributed by atoms with Crippen LogP contribution in [0.4, 0.5) is 17.2 Å². The summed E-state index contributed by atoms with van der Waals surface area (Å²) >= 11 is 8.15. The van der Waals surface area contributed by atoms with E-state index < -0.39 is 6.23 Å². The SMILES string of the molecule is Nc1ncnc2c(C(O)Nc3cccc(NCc4cccc(Br)n4)c3C(=[NH2+])Br)csc12. The number of hydrogen-bond donors (Lipinski definition) is 5. The van der Waals surface area contributed by atoms with Crippen LogP contribution in [0.15, 0.2) is 52.7 Å². The summed E-state index contributed by atoms with van der Waals surface area (Å²) in [5.41, 5.74) is 10.1. The van der Waals surface area contributed by atoms with Crippen molar-refractivity contribution in [2.24, 2.45) is 0 Å². The molecule has 0 spiro atoms. The standard InChI is InChI=1S/C20H17Br2N7OS/c21-14-6-1-3-10(28-14)7-25-12-4-2-5-13(15(12)18(22)23)29-20(30)11-8-31-17-16(11)26-9-27-19(17)24/h1-6,8-9,20,23,25,29-30H,7H2,(H2,24,26,27)/p+1. The molecule has 8 nitrogen and oxygen atoms in total. The number of nitrogens with two attached hydrogens (primary N) is 2. The van der Waals surface area contributed by atoms with Gasteiger partial charge in [0.1, 0.15) is 16.7 Å². The minimum absolute atomic E-state index is 0.388. The summed E-state index contributed by atoms with van der Waals surface area (Å²) in [6, 6.07) is 11.4. The lowest BCUT2D eigenvalue weighted by Crippen LogP contribution is -2.37. The average molecular weight is 564 g/mol. The fourth-order valence-corrected chi connectivity index (χ4v) is 4.87. The van der Waals surface area contributed by atoms with Crippen LogP contribution in [0.2, 0.25) is 0 Å². The number of aliphatic hydroxyl groups is 1. The predicted octanol–water partition coefficient (Wildman–Crippen LogP) is 3.05. The van der Waals surface area contributed by atoms with Gasteiger partial charge in [0.05, 0.1) is 39.4 Å². The van der Waals surface area contributed by atoms with Gasteiger partial charge in [0.2, 0.25) is 0 Å². The van der Waals surface area contributed by atoms with Crippen LogP contribution in [0.1, 0.15) is 23.0 Å². The van der Waals surface area contributed by atoms with Crippen molar-refractivity contribution in [3.8, 4) is 0 Å². The van der Waals surface area contributed by atoms with Crippen LogP contribution in [0.25, 0.3) is 10.2 Å². The lowest BCUT2D eigenvalue weighted by atomic mass is 10.1. The summed E-state index contributed by atoms with van der Waals surface area (Å²) in [5, 5.41) is 25.3. The second kappa shape index (κ2) is 9.27. The van der Waals surface area contributed by atoms with E-state index >= 15 is 0 Å². The summed E-state index contributed by atoms with van der Waals surface area (Å²) in [5.74, 6) is 0.388. The van der Waals surface area contributed by atoms with Gasteiger partial charge in [-0.1, -0.05) is 12.1 Å². The Kier molecular flexibility index (Phi) is 6.46. The number of aliphatic hydroxyl groups excluding tert-OH is 1. The van der Waals surface area contributed by atoms with Gasteiger partial charge in [0, 0.05) is 26.9 Å². The first-order valence-electron chi connectivity index (χ1n) is 9.13. The average Bonchev–Trinajstić information content (AvgIpc) is 3.18. The third-order valence-corrected chi connectivity index (χ3v) is 6.38. The zero-order chi connectivity index (χ0) is 22.0. The van der Waals surface area contributed by atoms with Crippen molar-refractivity contribution in [3.05, 3.63) is 69.5 Å². The minimum atomic E-state index is -1.02. The van der Waals surface area contributed by atoms with Gasteiger partial charge in [-0.25, -0.2) is 20.4 Å². The maximum absolute atomic E-state index is 10.9. The van der Waals surface area contributed by atoms with Gasteiger partial charge in [-0.3, -0.25) is 0 Å². The molecule has 0 aliphatic rings. The highest BCUT2D eigenvalue weighted by molar-refractivity contribution is 9.18. The number of aromatic nitrogens is 3. The highest BCUT2D eigenvalue weighted by atomic mass is 79.9. The molecule has 1 unspecified atom stereocenters. The van der Waals surface area contributed by atoms with Crippen molar-refractivity contribution in [1.82, 2.24) is 15.0 Å². The Hall–Kier alpha value is -2.60. The van der Waals surface area contributed by atoms with E-state index in [0.717, 1.165) is 20.7 Å². The smallest absolute Gasteiger partial charge is 0.250 e. The minimum Gasteiger partial charge on any atom is -0.382 e. The van der Waals surface area contributed by atoms with Gasteiger partial charge in [-0.2, -0.15) is 0 Å². The number of anilines is 3. The zero-order valence-electron chi connectivity index (χ0n) is 16.0. The lowest BCUT2D eigenvalue weighted by molar-refractivity contribution is -0.106. The second-order valence-corrected chi connectivity index (χ2v) is 9.10. The first-order valence-corrected chi connectivity index (χ1v) is 11.6. The van der Waals surface area contributed by atoms with Crippen molar-refractivity contribution in [3.63, 3.8) is 0 Å². The Bertz CT molecular complexity index is 1260. The first-order chi connectivity index (χ1) is 14.9. The Balaban J connectivity index is 1.61. The molecule has 4 rings (SSSR count). The van der Waals surface area contributed by atoms with E-state index in [0.29, 0.717) is 39.3 Å². The van der Waals surface area contributed by atoms with E-state index in [9.17, 15) is 5.11 Å². The normalized spacial score (nSPS) is 12.0. The van der Waals surface area contributed by atoms with E-state index in [1.807, 2.05) is 41.8 Å². The van der Waals surface area contributed by atoms with Gasteiger partial charge in [0.15, 0.2) is 6.23 Å². The van der Waals surface area contributed by atoms with Crippen LogP contribution in [-0.4, -0.2) is 24.7 Å². The number of rotatable bonds is 7. The monoisotopic (exact) mass is 562 g/mol. The lowest BCUT2D eigenvalue weighted by Gasteiger charge is -2.18. The number of thiophene rings is 1. The van der Waals surface area contributed by atoms with Crippen LogP contribution < -0.4 is 21.8 Å². The molecule has 158 valence electrons. The molecule has 0 saturated heterocycles. The van der Waals surface area contributed by atoms with E-state index in [2.05, 4.69) is 57.4 Å². The molecular weight excluding hydrogens is 546 g/mol. The molecule has 0 amide bonds. The quantitative estimate of drug-likeness (QED) is 0.132. The van der Waals surface area contributed by atoms with Crippen molar-refractivity contribution in [2.75, 3.05) is 16.4 Å². The largest absolute Gasteiger partial charge is 0.382 e. The Labute approximate surface area is 198 Å². The molecule has 3 heterocycles. The van der Waals surface area contributed by atoms with Crippen LogP contribution in [0.5, 0.6) is 0 Å². The summed E-state index contributed by atoms with van der Waals surface area (Å²) in [4.78, 5) is 12.7. The van der Waals surface area contributed by atoms with E-state index in [4.69, 9.17) is 11.1 Å². The second-order valence-electron chi connectivity index (χ2n) is 6.56. The van der Waals surface area contributed by atoms with E-state index in [1.54, 1.807) is 0 Å². The Morgan fingerprint density at radius 2 is 1.97 bits per heavy atom. The summed E-state index contributed by atoms with van der Waals surface area (Å²) in [7, 11) is 0. The molecule has 1 atom stereocenters. The van der Waals surface area contributed by atoms with Crippen molar-refractivity contribution in [2.45, 2.75) is 12.8 Å². The van der Waals surface area contributed by atoms with Gasteiger partial charge < -0.3 is 21.5 Å². The number of nitrogen functional groups attached to an aromatic ring is 1. The van der Waals surface area contributed by atoms with Gasteiger partial charge in [-0.15, -0.1) is 11.3 Å². The molecule has 0 radical (unpaired) electrons. The number of fused-ring (bicyclic) bond motifs is 1. The maximum Gasteiger partial charge on any atom is 0.250 e. The fourth-order valence-electron chi connectivity index (χ4n) is 3.12. The molecule has 0 bridgehead atoms. The third kappa shape index (κ3) is 4.69. The first kappa shape index (κ1) is 21.6. The van der Waals surface area contributed by atoms with Crippen LogP contribution in [0, 0.1) is 0 Å². The fraction of sp³-hybridized carbons (Fsp3) is 0.100. The molecule has 0 aliphatic carbocycles. The molecule has 1 aromatic carbocycles. The molecule has 0 saturated carbocycles. The highest BCUT2D eigenvalue weighted by Crippen LogP contribution is 2.34. The van der Waals surface area contributed by atoms with E-state index in [1.165, 1.54) is 17.7 Å². The van der Waals surface area contributed by atoms with Crippen molar-refractivity contribution >= 4 is 75.2 Å². The molecule has 0 fully saturated rings. The number of nitrogens with zero attached hydrogens (tertiary/aromatic N) is 3. The molecular formula is C20H18Br2N7OS+. The topological polar surface area (TPSA) is 135 Å². The molecule has 31 heavy (non-hydrogen) atoms. The molecule has 4 aromatic rings. The van der Waals surface area contributed by atoms with Gasteiger partial charge in [0.25, 0.3) is 4.62 Å². The number of benzene rings is 1. The molecule has 0 aliphatic heterocycles. The zero-order valence-corrected chi connectivity index (χ0v) is 20.0. The number of halogens is 2. The Morgan fingerprint density at radius 1 is 1.19 bits per heavy atom. The Morgan fingerprint density at radius 3 is 2.74 bits per heavy atom. The van der Waals surface area contributed by atoms with Gasteiger partial charge >= 0.3 is 0 Å². The number of nitrogens with one attached hydrogen (secondary N) is 2. The molecule has 3 aromatic heterocycles. The van der Waals surface area contributed by atoms with Crippen molar-refractivity contribution in [1.29, 1.82) is 0 Å². The van der Waals surface area contributed by atoms with Crippen LogP contribution in [0.3, 0.4) is 0 Å². The maximum atomic E-state index is 10.9. The third-order valence-electron chi connectivity index (χ3n) is 4.53. The molecule has 11 heteroatoms. The summed E-state index contributed by atoms with van der Waals surface area (Å²) in [6.45, 7) is 0.504. The van der Waals surface area contributed by atoms with Crippen LogP contribution in [-0.2, 0) is 6.54 Å².